The van der Waals surface area contributed by atoms with Gasteiger partial charge in [-0.25, -0.2) is 0 Å². The molecule has 3 aromatic rings. The zero-order chi connectivity index (χ0) is 17.8. The first kappa shape index (κ1) is 17.3. The second-order valence-electron chi connectivity index (χ2n) is 6.61. The van der Waals surface area contributed by atoms with E-state index in [1.807, 2.05) is 30.5 Å². The molecule has 2 aromatic carbocycles. The lowest BCUT2D eigenvalue weighted by Gasteiger charge is -2.33. The van der Waals surface area contributed by atoms with Crippen molar-refractivity contribution in [3.8, 4) is 0 Å². The van der Waals surface area contributed by atoms with Crippen LogP contribution in [0.4, 0.5) is 5.69 Å². The number of morpholine rings is 1. The SMILES string of the molecule is Clc1ccc2c(NCC3CN(Cc4ccccc4)CCO3)ccnc2c1. The zero-order valence-electron chi connectivity index (χ0n) is 14.6. The number of hydrogen-bond acceptors (Lipinski definition) is 4. The Kier molecular flexibility index (Phi) is 5.34. The van der Waals surface area contributed by atoms with Gasteiger partial charge in [0.15, 0.2) is 0 Å². The van der Waals surface area contributed by atoms with E-state index < -0.39 is 0 Å². The third kappa shape index (κ3) is 4.15. The fourth-order valence-electron chi connectivity index (χ4n) is 3.39. The Morgan fingerprint density at radius 2 is 2.04 bits per heavy atom. The van der Waals surface area contributed by atoms with Gasteiger partial charge < -0.3 is 10.1 Å². The summed E-state index contributed by atoms with van der Waals surface area (Å²) in [4.78, 5) is 6.85. The molecule has 1 N–H and O–H groups in total. The topological polar surface area (TPSA) is 37.4 Å². The molecule has 4 nitrogen and oxygen atoms in total. The van der Waals surface area contributed by atoms with E-state index in [0.717, 1.165) is 49.4 Å². The summed E-state index contributed by atoms with van der Waals surface area (Å²) >= 11 is 6.07. The number of benzene rings is 2. The van der Waals surface area contributed by atoms with Crippen molar-refractivity contribution in [1.82, 2.24) is 9.88 Å². The van der Waals surface area contributed by atoms with Crippen molar-refractivity contribution >= 4 is 28.2 Å². The molecule has 4 rings (SSSR count). The molecule has 1 aliphatic rings. The van der Waals surface area contributed by atoms with E-state index in [9.17, 15) is 0 Å². The number of nitrogens with zero attached hydrogens (tertiary/aromatic N) is 2. The van der Waals surface area contributed by atoms with E-state index >= 15 is 0 Å². The molecule has 0 amide bonds. The first-order valence-electron chi connectivity index (χ1n) is 8.94. The van der Waals surface area contributed by atoms with Gasteiger partial charge in [0.05, 0.1) is 18.2 Å². The van der Waals surface area contributed by atoms with Gasteiger partial charge in [-0.1, -0.05) is 41.9 Å². The highest BCUT2D eigenvalue weighted by Gasteiger charge is 2.20. The number of fused-ring (bicyclic) bond motifs is 1. The largest absolute Gasteiger partial charge is 0.382 e. The highest BCUT2D eigenvalue weighted by molar-refractivity contribution is 6.31. The van der Waals surface area contributed by atoms with Gasteiger partial charge in [0.25, 0.3) is 0 Å². The normalized spacial score (nSPS) is 18.1. The summed E-state index contributed by atoms with van der Waals surface area (Å²) in [5.41, 5.74) is 3.31. The monoisotopic (exact) mass is 367 g/mol. The van der Waals surface area contributed by atoms with Gasteiger partial charge in [0.1, 0.15) is 0 Å². The van der Waals surface area contributed by atoms with Crippen LogP contribution in [0.2, 0.25) is 5.02 Å². The van der Waals surface area contributed by atoms with Gasteiger partial charge in [-0.2, -0.15) is 0 Å². The van der Waals surface area contributed by atoms with Crippen LogP contribution in [0.25, 0.3) is 10.9 Å². The lowest BCUT2D eigenvalue weighted by Crippen LogP contribution is -2.44. The van der Waals surface area contributed by atoms with Crippen LogP contribution < -0.4 is 5.32 Å². The van der Waals surface area contributed by atoms with E-state index in [4.69, 9.17) is 16.3 Å². The van der Waals surface area contributed by atoms with Gasteiger partial charge in [-0.15, -0.1) is 0 Å². The minimum atomic E-state index is 0.169. The number of ether oxygens (including phenoxy) is 1. The summed E-state index contributed by atoms with van der Waals surface area (Å²) in [7, 11) is 0. The van der Waals surface area contributed by atoms with E-state index in [1.54, 1.807) is 0 Å². The van der Waals surface area contributed by atoms with Crippen molar-refractivity contribution in [1.29, 1.82) is 0 Å². The van der Waals surface area contributed by atoms with Crippen molar-refractivity contribution in [2.45, 2.75) is 12.6 Å². The Balaban J connectivity index is 1.39. The molecule has 134 valence electrons. The summed E-state index contributed by atoms with van der Waals surface area (Å²) < 4.78 is 5.96. The minimum Gasteiger partial charge on any atom is -0.382 e. The fourth-order valence-corrected chi connectivity index (χ4v) is 3.55. The van der Waals surface area contributed by atoms with Gasteiger partial charge in [-0.05, 0) is 29.8 Å². The van der Waals surface area contributed by atoms with E-state index in [1.165, 1.54) is 5.56 Å². The van der Waals surface area contributed by atoms with Crippen LogP contribution in [-0.2, 0) is 11.3 Å². The molecule has 1 unspecified atom stereocenters. The van der Waals surface area contributed by atoms with E-state index in [-0.39, 0.29) is 6.10 Å². The first-order chi connectivity index (χ1) is 12.8. The minimum absolute atomic E-state index is 0.169. The second-order valence-corrected chi connectivity index (χ2v) is 7.05. The zero-order valence-corrected chi connectivity index (χ0v) is 15.3. The Bertz CT molecular complexity index is 872. The van der Waals surface area contributed by atoms with Crippen LogP contribution in [0.5, 0.6) is 0 Å². The second kappa shape index (κ2) is 8.04. The molecule has 5 heteroatoms. The molecule has 2 heterocycles. The molecule has 0 spiro atoms. The molecule has 0 radical (unpaired) electrons. The average Bonchev–Trinajstić information content (AvgIpc) is 2.67. The number of anilines is 1. The lowest BCUT2D eigenvalue weighted by molar-refractivity contribution is -0.0240. The standard InChI is InChI=1S/C21H22ClN3O/c22-17-6-7-19-20(8-9-23-21(19)12-17)24-13-18-15-25(10-11-26-18)14-16-4-2-1-3-5-16/h1-9,12,18H,10-11,13-15H2,(H,23,24). The maximum atomic E-state index is 6.07. The van der Waals surface area contributed by atoms with Gasteiger partial charge in [0, 0.05) is 48.5 Å². The lowest BCUT2D eigenvalue weighted by atomic mass is 10.1. The van der Waals surface area contributed by atoms with Gasteiger partial charge in [-0.3, -0.25) is 9.88 Å². The Morgan fingerprint density at radius 3 is 2.92 bits per heavy atom. The maximum Gasteiger partial charge on any atom is 0.0874 e. The highest BCUT2D eigenvalue weighted by Crippen LogP contribution is 2.24. The number of halogens is 1. The molecule has 0 bridgehead atoms. The maximum absolute atomic E-state index is 6.07. The molecular weight excluding hydrogens is 346 g/mol. The van der Waals surface area contributed by atoms with Crippen LogP contribution in [0.1, 0.15) is 5.56 Å². The van der Waals surface area contributed by atoms with Gasteiger partial charge in [0.2, 0.25) is 0 Å². The van der Waals surface area contributed by atoms with Crippen molar-refractivity contribution < 1.29 is 4.74 Å². The van der Waals surface area contributed by atoms with Crippen LogP contribution in [0.15, 0.2) is 60.8 Å². The van der Waals surface area contributed by atoms with Crippen LogP contribution in [0, 0.1) is 0 Å². The smallest absolute Gasteiger partial charge is 0.0874 e. The molecule has 1 fully saturated rings. The molecular formula is C21H22ClN3O. The number of pyridine rings is 1. The number of nitrogens with one attached hydrogen (secondary N) is 1. The summed E-state index contributed by atoms with van der Waals surface area (Å²) in [6, 6.07) is 18.4. The van der Waals surface area contributed by atoms with Crippen molar-refractivity contribution in [2.24, 2.45) is 0 Å². The number of rotatable bonds is 5. The van der Waals surface area contributed by atoms with Crippen LogP contribution in [-0.4, -0.2) is 42.2 Å². The predicted molar refractivity (Wildman–Crippen MR) is 107 cm³/mol. The first-order valence-corrected chi connectivity index (χ1v) is 9.32. The van der Waals surface area contributed by atoms with Crippen molar-refractivity contribution in [3.05, 3.63) is 71.4 Å². The summed E-state index contributed by atoms with van der Waals surface area (Å²) in [6.45, 7) is 4.41. The van der Waals surface area contributed by atoms with Crippen LogP contribution in [0.3, 0.4) is 0 Å². The molecule has 1 saturated heterocycles. The third-order valence-corrected chi connectivity index (χ3v) is 4.93. The summed E-state index contributed by atoms with van der Waals surface area (Å²) in [5.74, 6) is 0. The molecule has 1 aliphatic heterocycles. The molecule has 0 aliphatic carbocycles. The molecule has 1 aromatic heterocycles. The summed E-state index contributed by atoms with van der Waals surface area (Å²) in [5, 5.41) is 5.31. The Morgan fingerprint density at radius 1 is 1.15 bits per heavy atom. The average molecular weight is 368 g/mol. The Labute approximate surface area is 158 Å². The van der Waals surface area contributed by atoms with E-state index in [0.29, 0.717) is 5.02 Å². The highest BCUT2D eigenvalue weighted by atomic mass is 35.5. The van der Waals surface area contributed by atoms with E-state index in [2.05, 4.69) is 45.5 Å². The Hall–Kier alpha value is -2.14. The quantitative estimate of drug-likeness (QED) is 0.733. The van der Waals surface area contributed by atoms with Crippen LogP contribution >= 0.6 is 11.6 Å². The van der Waals surface area contributed by atoms with Gasteiger partial charge >= 0.3 is 0 Å². The predicted octanol–water partition coefficient (Wildman–Crippen LogP) is 4.20. The number of hydrogen-bond donors (Lipinski definition) is 1. The molecule has 1 atom stereocenters. The van der Waals surface area contributed by atoms with Crippen molar-refractivity contribution in [2.75, 3.05) is 31.6 Å². The fraction of sp³-hybridized carbons (Fsp3) is 0.286. The molecule has 0 saturated carbocycles. The molecule has 26 heavy (non-hydrogen) atoms. The summed E-state index contributed by atoms with van der Waals surface area (Å²) in [6.07, 6.45) is 1.98. The number of aromatic nitrogens is 1. The van der Waals surface area contributed by atoms with Crippen molar-refractivity contribution in [3.63, 3.8) is 0 Å². The third-order valence-electron chi connectivity index (χ3n) is 4.70.